The van der Waals surface area contributed by atoms with Crippen LogP contribution in [0, 0.1) is 13.8 Å². The highest BCUT2D eigenvalue weighted by atomic mass is 35.5. The average Bonchev–Trinajstić information content (AvgIpc) is 2.90. The summed E-state index contributed by atoms with van der Waals surface area (Å²) >= 11 is 6.30. The molecule has 1 aromatic carbocycles. The molecule has 2 aromatic rings. The first kappa shape index (κ1) is 20.0. The number of aromatic nitrogens is 1. The van der Waals surface area contributed by atoms with Crippen molar-refractivity contribution in [1.29, 1.82) is 0 Å². The number of ether oxygens (including phenoxy) is 1. The van der Waals surface area contributed by atoms with Crippen LogP contribution in [0.2, 0.25) is 5.02 Å². The van der Waals surface area contributed by atoms with Crippen LogP contribution in [-0.2, 0) is 17.6 Å². The maximum Gasteiger partial charge on any atom is 0.340 e. The summed E-state index contributed by atoms with van der Waals surface area (Å²) in [7, 11) is 0. The Hall–Kier alpha value is -2.27. The molecule has 1 aromatic heterocycles. The third-order valence-corrected chi connectivity index (χ3v) is 4.81. The largest absolute Gasteiger partial charge is 0.462 e. The van der Waals surface area contributed by atoms with E-state index in [4.69, 9.17) is 16.3 Å². The number of halogens is 1. The van der Waals surface area contributed by atoms with Gasteiger partial charge in [0.1, 0.15) is 5.69 Å². The molecule has 2 rings (SSSR count). The second kappa shape index (κ2) is 8.41. The smallest absolute Gasteiger partial charge is 0.340 e. The van der Waals surface area contributed by atoms with Gasteiger partial charge in [-0.2, -0.15) is 0 Å². The zero-order valence-corrected chi connectivity index (χ0v) is 16.6. The van der Waals surface area contributed by atoms with Gasteiger partial charge in [0.05, 0.1) is 12.2 Å². The van der Waals surface area contributed by atoms with Crippen molar-refractivity contribution < 1.29 is 14.3 Å². The van der Waals surface area contributed by atoms with Gasteiger partial charge in [0, 0.05) is 16.4 Å². The minimum absolute atomic E-state index is 0.284. The Kier molecular flexibility index (Phi) is 6.48. The summed E-state index contributed by atoms with van der Waals surface area (Å²) in [5.74, 6) is -0.725. The van der Waals surface area contributed by atoms with Gasteiger partial charge in [-0.05, 0) is 56.4 Å². The van der Waals surface area contributed by atoms with E-state index in [0.29, 0.717) is 34.0 Å². The number of rotatable bonds is 6. The van der Waals surface area contributed by atoms with Crippen molar-refractivity contribution in [1.82, 2.24) is 4.98 Å². The van der Waals surface area contributed by atoms with Crippen molar-refractivity contribution >= 4 is 29.2 Å². The van der Waals surface area contributed by atoms with Crippen LogP contribution in [0.3, 0.4) is 0 Å². The lowest BCUT2D eigenvalue weighted by molar-refractivity contribution is 0.0525. The molecule has 0 spiro atoms. The van der Waals surface area contributed by atoms with Gasteiger partial charge in [0.2, 0.25) is 0 Å². The number of benzene rings is 1. The Morgan fingerprint density at radius 2 is 1.85 bits per heavy atom. The topological polar surface area (TPSA) is 71.2 Å². The van der Waals surface area contributed by atoms with Crippen LogP contribution in [0.25, 0.3) is 0 Å². The van der Waals surface area contributed by atoms with E-state index < -0.39 is 5.97 Å². The molecule has 0 saturated carbocycles. The molecule has 0 atom stereocenters. The molecule has 140 valence electrons. The predicted molar refractivity (Wildman–Crippen MR) is 104 cm³/mol. The maximum atomic E-state index is 12.9. The van der Waals surface area contributed by atoms with Gasteiger partial charge in [0.25, 0.3) is 5.91 Å². The van der Waals surface area contributed by atoms with E-state index in [9.17, 15) is 9.59 Å². The minimum atomic E-state index is -0.427. The van der Waals surface area contributed by atoms with Crippen molar-refractivity contribution in [3.8, 4) is 0 Å². The molecular formula is C20H25ClN2O3. The highest BCUT2D eigenvalue weighted by Crippen LogP contribution is 2.30. The molecule has 5 nitrogen and oxygen atoms in total. The minimum Gasteiger partial charge on any atom is -0.462 e. The number of amides is 1. The fourth-order valence-corrected chi connectivity index (χ4v) is 3.42. The number of anilines is 1. The van der Waals surface area contributed by atoms with Crippen molar-refractivity contribution in [2.24, 2.45) is 0 Å². The number of H-pyrrole nitrogens is 1. The van der Waals surface area contributed by atoms with Crippen LogP contribution in [0.4, 0.5) is 5.69 Å². The Morgan fingerprint density at radius 1 is 1.15 bits per heavy atom. The van der Waals surface area contributed by atoms with Crippen molar-refractivity contribution in [3.05, 3.63) is 50.8 Å². The molecule has 0 radical (unpaired) electrons. The molecule has 0 bridgehead atoms. The summed E-state index contributed by atoms with van der Waals surface area (Å²) < 4.78 is 5.08. The Bertz CT molecular complexity index is 840. The fourth-order valence-electron chi connectivity index (χ4n) is 3.13. The van der Waals surface area contributed by atoms with E-state index in [1.54, 1.807) is 20.8 Å². The van der Waals surface area contributed by atoms with E-state index >= 15 is 0 Å². The predicted octanol–water partition coefficient (Wildman–Crippen LogP) is 4.84. The van der Waals surface area contributed by atoms with E-state index in [0.717, 1.165) is 23.2 Å². The first-order chi connectivity index (χ1) is 12.3. The van der Waals surface area contributed by atoms with Gasteiger partial charge in [0.15, 0.2) is 0 Å². The highest BCUT2D eigenvalue weighted by molar-refractivity contribution is 6.32. The molecule has 0 aliphatic heterocycles. The molecular weight excluding hydrogens is 352 g/mol. The lowest BCUT2D eigenvalue weighted by atomic mass is 10.0. The maximum absolute atomic E-state index is 12.9. The first-order valence-electron chi connectivity index (χ1n) is 8.83. The molecule has 0 aliphatic rings. The standard InChI is InChI=1S/C20H25ClN2O3/c1-6-13-9-10-15(21)14(7-2)18(13)23-19(24)17-11(4)16(12(5)22-17)20(25)26-8-3/h9-10,22H,6-8H2,1-5H3,(H,23,24). The van der Waals surface area contributed by atoms with Gasteiger partial charge in [-0.3, -0.25) is 4.79 Å². The Labute approximate surface area is 159 Å². The van der Waals surface area contributed by atoms with Crippen LogP contribution in [0.1, 0.15) is 64.0 Å². The fraction of sp³-hybridized carbons (Fsp3) is 0.400. The molecule has 0 aliphatic carbocycles. The molecule has 6 heteroatoms. The molecule has 0 saturated heterocycles. The number of hydrogen-bond donors (Lipinski definition) is 2. The van der Waals surface area contributed by atoms with E-state index in [1.807, 2.05) is 26.0 Å². The zero-order valence-electron chi connectivity index (χ0n) is 15.9. The van der Waals surface area contributed by atoms with Gasteiger partial charge in [-0.25, -0.2) is 4.79 Å². The number of esters is 1. The third kappa shape index (κ3) is 3.78. The van der Waals surface area contributed by atoms with Crippen LogP contribution < -0.4 is 5.32 Å². The van der Waals surface area contributed by atoms with Crippen molar-refractivity contribution in [3.63, 3.8) is 0 Å². The molecule has 1 heterocycles. The molecule has 26 heavy (non-hydrogen) atoms. The van der Waals surface area contributed by atoms with E-state index in [-0.39, 0.29) is 12.5 Å². The summed E-state index contributed by atoms with van der Waals surface area (Å²) in [5, 5.41) is 3.61. The van der Waals surface area contributed by atoms with E-state index in [1.165, 1.54) is 0 Å². The number of aromatic amines is 1. The lowest BCUT2D eigenvalue weighted by Crippen LogP contribution is -2.17. The number of carbonyl (C=O) groups excluding carboxylic acids is 2. The van der Waals surface area contributed by atoms with Gasteiger partial charge in [-0.1, -0.05) is 31.5 Å². The molecule has 1 amide bonds. The van der Waals surface area contributed by atoms with Crippen molar-refractivity contribution in [2.45, 2.75) is 47.5 Å². The van der Waals surface area contributed by atoms with Gasteiger partial charge < -0.3 is 15.0 Å². The SMILES string of the molecule is CCOC(=O)c1c(C)[nH]c(C(=O)Nc2c(CC)ccc(Cl)c2CC)c1C. The first-order valence-corrected chi connectivity index (χ1v) is 9.21. The average molecular weight is 377 g/mol. The zero-order chi connectivity index (χ0) is 19.4. The number of carbonyl (C=O) groups is 2. The number of hydrogen-bond acceptors (Lipinski definition) is 3. The summed E-state index contributed by atoms with van der Waals surface area (Å²) in [5.41, 5.74) is 4.64. The van der Waals surface area contributed by atoms with Gasteiger partial charge >= 0.3 is 5.97 Å². The molecule has 0 unspecified atom stereocenters. The summed E-state index contributed by atoms with van der Waals surface area (Å²) in [6.45, 7) is 9.56. The monoisotopic (exact) mass is 376 g/mol. The summed E-state index contributed by atoms with van der Waals surface area (Å²) in [6, 6.07) is 3.78. The normalized spacial score (nSPS) is 10.7. The molecule has 0 fully saturated rings. The quantitative estimate of drug-likeness (QED) is 0.708. The number of nitrogens with one attached hydrogen (secondary N) is 2. The Balaban J connectivity index is 2.42. The van der Waals surface area contributed by atoms with Crippen LogP contribution in [0.5, 0.6) is 0 Å². The highest BCUT2D eigenvalue weighted by Gasteiger charge is 2.24. The third-order valence-electron chi connectivity index (χ3n) is 4.46. The molecule has 2 N–H and O–H groups in total. The lowest BCUT2D eigenvalue weighted by Gasteiger charge is -2.16. The van der Waals surface area contributed by atoms with E-state index in [2.05, 4.69) is 10.3 Å². The Morgan fingerprint density at radius 3 is 2.42 bits per heavy atom. The van der Waals surface area contributed by atoms with Crippen LogP contribution >= 0.6 is 11.6 Å². The van der Waals surface area contributed by atoms with Crippen molar-refractivity contribution in [2.75, 3.05) is 11.9 Å². The summed E-state index contributed by atoms with van der Waals surface area (Å²) in [4.78, 5) is 28.0. The second-order valence-corrected chi connectivity index (χ2v) is 6.47. The van der Waals surface area contributed by atoms with Crippen LogP contribution in [-0.4, -0.2) is 23.5 Å². The number of aryl methyl sites for hydroxylation is 2. The van der Waals surface area contributed by atoms with Gasteiger partial charge in [-0.15, -0.1) is 0 Å². The summed E-state index contributed by atoms with van der Waals surface area (Å²) in [6.07, 6.45) is 1.48. The van der Waals surface area contributed by atoms with Crippen LogP contribution in [0.15, 0.2) is 12.1 Å². The second-order valence-electron chi connectivity index (χ2n) is 6.07.